The van der Waals surface area contributed by atoms with E-state index >= 15 is 0 Å². The van der Waals surface area contributed by atoms with E-state index < -0.39 is 0 Å². The van der Waals surface area contributed by atoms with Crippen molar-refractivity contribution in [2.45, 2.75) is 52.1 Å². The Hall–Kier alpha value is -0.860. The van der Waals surface area contributed by atoms with Crippen molar-refractivity contribution in [1.82, 2.24) is 0 Å². The van der Waals surface area contributed by atoms with E-state index in [0.29, 0.717) is 12.5 Å². The zero-order valence-electron chi connectivity index (χ0n) is 11.9. The Morgan fingerprint density at radius 1 is 1.22 bits per heavy atom. The van der Waals surface area contributed by atoms with Crippen molar-refractivity contribution < 1.29 is 5.11 Å². The van der Waals surface area contributed by atoms with Gasteiger partial charge in [-0.1, -0.05) is 56.5 Å². The van der Waals surface area contributed by atoms with Gasteiger partial charge in [0, 0.05) is 12.5 Å². The highest BCUT2D eigenvalue weighted by Gasteiger charge is 2.24. The fourth-order valence-corrected chi connectivity index (χ4v) is 2.38. The Kier molecular flexibility index (Phi) is 6.37. The summed E-state index contributed by atoms with van der Waals surface area (Å²) < 4.78 is 0. The molecule has 3 unspecified atom stereocenters. The monoisotopic (exact) mass is 249 g/mol. The van der Waals surface area contributed by atoms with Crippen LogP contribution in [0.2, 0.25) is 0 Å². The summed E-state index contributed by atoms with van der Waals surface area (Å²) in [5, 5.41) is 10.4. The Morgan fingerprint density at radius 2 is 1.83 bits per heavy atom. The number of aryl methyl sites for hydroxylation is 1. The van der Waals surface area contributed by atoms with E-state index in [1.54, 1.807) is 0 Å². The van der Waals surface area contributed by atoms with Crippen molar-refractivity contribution in [2.24, 2.45) is 11.7 Å². The molecular formula is C16H27NO. The summed E-state index contributed by atoms with van der Waals surface area (Å²) in [7, 11) is 0. The van der Waals surface area contributed by atoms with Gasteiger partial charge in [-0.3, -0.25) is 0 Å². The molecule has 3 N–H and O–H groups in total. The Labute approximate surface area is 111 Å². The minimum absolute atomic E-state index is 0.0532. The summed E-state index contributed by atoms with van der Waals surface area (Å²) in [5.74, 6) is 0.359. The quantitative estimate of drug-likeness (QED) is 0.779. The second kappa shape index (κ2) is 7.55. The number of benzene rings is 1. The van der Waals surface area contributed by atoms with E-state index in [1.807, 2.05) is 0 Å². The average Bonchev–Trinajstić information content (AvgIpc) is 2.38. The van der Waals surface area contributed by atoms with E-state index in [1.165, 1.54) is 18.4 Å². The summed E-state index contributed by atoms with van der Waals surface area (Å²) in [6.45, 7) is 6.87. The van der Waals surface area contributed by atoms with E-state index in [4.69, 9.17) is 5.73 Å². The van der Waals surface area contributed by atoms with Crippen molar-refractivity contribution in [1.29, 1.82) is 0 Å². The molecule has 0 heterocycles. The smallest absolute Gasteiger partial charge is 0.0646 e. The lowest BCUT2D eigenvalue weighted by Gasteiger charge is -2.27. The van der Waals surface area contributed by atoms with Crippen LogP contribution in [0.5, 0.6) is 0 Å². The van der Waals surface area contributed by atoms with Crippen LogP contribution in [0, 0.1) is 12.8 Å². The maximum absolute atomic E-state index is 10.4. The fourth-order valence-electron chi connectivity index (χ4n) is 2.38. The molecule has 0 bridgehead atoms. The van der Waals surface area contributed by atoms with Crippen LogP contribution in [0.25, 0.3) is 0 Å². The number of aliphatic hydroxyl groups is 1. The maximum Gasteiger partial charge on any atom is 0.0646 e. The van der Waals surface area contributed by atoms with E-state index in [-0.39, 0.29) is 12.0 Å². The van der Waals surface area contributed by atoms with Crippen LogP contribution in [0.15, 0.2) is 24.3 Å². The first kappa shape index (κ1) is 15.2. The van der Waals surface area contributed by atoms with Crippen LogP contribution in [0.4, 0.5) is 0 Å². The Bertz CT molecular complexity index is 333. The lowest BCUT2D eigenvalue weighted by atomic mass is 9.84. The number of hydrogen-bond acceptors (Lipinski definition) is 2. The van der Waals surface area contributed by atoms with Gasteiger partial charge in [0.25, 0.3) is 0 Å². The van der Waals surface area contributed by atoms with Crippen LogP contribution in [-0.2, 0) is 0 Å². The molecule has 1 aromatic rings. The van der Waals surface area contributed by atoms with Crippen molar-refractivity contribution in [3.8, 4) is 0 Å². The number of hydrogen-bond donors (Lipinski definition) is 2. The van der Waals surface area contributed by atoms with Gasteiger partial charge in [-0.05, 0) is 24.8 Å². The molecule has 2 nitrogen and oxygen atoms in total. The molecule has 0 fully saturated rings. The normalized spacial score (nSPS) is 16.3. The number of nitrogens with two attached hydrogens (primary N) is 1. The molecule has 0 amide bonds. The largest absolute Gasteiger partial charge is 0.392 e. The fraction of sp³-hybridized carbons (Fsp3) is 0.625. The molecule has 1 rings (SSSR count). The van der Waals surface area contributed by atoms with Crippen LogP contribution >= 0.6 is 0 Å². The van der Waals surface area contributed by atoms with Gasteiger partial charge < -0.3 is 10.8 Å². The van der Waals surface area contributed by atoms with Gasteiger partial charge >= 0.3 is 0 Å². The first-order valence-electron chi connectivity index (χ1n) is 7.04. The summed E-state index contributed by atoms with van der Waals surface area (Å²) >= 11 is 0. The molecule has 0 spiro atoms. The molecule has 18 heavy (non-hydrogen) atoms. The third kappa shape index (κ3) is 4.11. The second-order valence-corrected chi connectivity index (χ2v) is 5.36. The van der Waals surface area contributed by atoms with Crippen molar-refractivity contribution >= 4 is 0 Å². The Morgan fingerprint density at radius 3 is 2.33 bits per heavy atom. The molecule has 0 aliphatic heterocycles. The van der Waals surface area contributed by atoms with Gasteiger partial charge in [-0.25, -0.2) is 0 Å². The molecule has 102 valence electrons. The predicted molar refractivity (Wildman–Crippen MR) is 77.7 cm³/mol. The number of aliphatic hydroxyl groups excluding tert-OH is 1. The SMILES string of the molecule is CCCCC(C)C(O)C(CN)c1ccc(C)cc1. The topological polar surface area (TPSA) is 46.2 Å². The minimum atomic E-state index is -0.343. The highest BCUT2D eigenvalue weighted by Crippen LogP contribution is 2.26. The molecule has 3 atom stereocenters. The molecular weight excluding hydrogens is 222 g/mol. The summed E-state index contributed by atoms with van der Waals surface area (Å²) in [6.07, 6.45) is 3.07. The third-order valence-corrected chi connectivity index (χ3v) is 3.77. The second-order valence-electron chi connectivity index (χ2n) is 5.36. The van der Waals surface area contributed by atoms with E-state index in [2.05, 4.69) is 45.0 Å². The molecule has 0 saturated carbocycles. The molecule has 0 radical (unpaired) electrons. The molecule has 0 aromatic heterocycles. The lowest BCUT2D eigenvalue weighted by molar-refractivity contribution is 0.0851. The predicted octanol–water partition coefficient (Wildman–Crippen LogP) is 3.22. The first-order chi connectivity index (χ1) is 8.60. The zero-order chi connectivity index (χ0) is 13.5. The van der Waals surface area contributed by atoms with Crippen molar-refractivity contribution in [2.75, 3.05) is 6.54 Å². The molecule has 0 saturated heterocycles. The Balaban J connectivity index is 2.72. The molecule has 0 aliphatic carbocycles. The van der Waals surface area contributed by atoms with E-state index in [9.17, 15) is 5.11 Å². The highest BCUT2D eigenvalue weighted by atomic mass is 16.3. The van der Waals surface area contributed by atoms with E-state index in [0.717, 1.165) is 12.0 Å². The van der Waals surface area contributed by atoms with Crippen LogP contribution < -0.4 is 5.73 Å². The van der Waals surface area contributed by atoms with Crippen LogP contribution in [0.1, 0.15) is 50.2 Å². The van der Waals surface area contributed by atoms with Crippen LogP contribution in [-0.4, -0.2) is 17.8 Å². The molecule has 1 aromatic carbocycles. The standard InChI is InChI=1S/C16H27NO/c1-4-5-6-13(3)16(18)15(11-17)14-9-7-12(2)8-10-14/h7-10,13,15-16,18H,4-6,11,17H2,1-3H3. The lowest BCUT2D eigenvalue weighted by Crippen LogP contribution is -2.31. The average molecular weight is 249 g/mol. The van der Waals surface area contributed by atoms with Gasteiger partial charge in [0.05, 0.1) is 6.10 Å². The van der Waals surface area contributed by atoms with Gasteiger partial charge in [0.15, 0.2) is 0 Å². The summed E-state index contributed by atoms with van der Waals surface area (Å²) in [6, 6.07) is 8.34. The third-order valence-electron chi connectivity index (χ3n) is 3.77. The van der Waals surface area contributed by atoms with Gasteiger partial charge in [-0.15, -0.1) is 0 Å². The molecule has 2 heteroatoms. The highest BCUT2D eigenvalue weighted by molar-refractivity contribution is 5.25. The van der Waals surface area contributed by atoms with Crippen molar-refractivity contribution in [3.05, 3.63) is 35.4 Å². The summed E-state index contributed by atoms with van der Waals surface area (Å²) in [5.41, 5.74) is 8.24. The number of unbranched alkanes of at least 4 members (excludes halogenated alkanes) is 1. The zero-order valence-corrected chi connectivity index (χ0v) is 11.9. The maximum atomic E-state index is 10.4. The van der Waals surface area contributed by atoms with Gasteiger partial charge in [0.2, 0.25) is 0 Å². The number of rotatable bonds is 7. The first-order valence-corrected chi connectivity index (χ1v) is 7.04. The van der Waals surface area contributed by atoms with Crippen LogP contribution in [0.3, 0.4) is 0 Å². The van der Waals surface area contributed by atoms with Gasteiger partial charge in [-0.2, -0.15) is 0 Å². The van der Waals surface area contributed by atoms with Gasteiger partial charge in [0.1, 0.15) is 0 Å². The minimum Gasteiger partial charge on any atom is -0.392 e. The summed E-state index contributed by atoms with van der Waals surface area (Å²) in [4.78, 5) is 0. The molecule has 0 aliphatic rings. The van der Waals surface area contributed by atoms with Crippen molar-refractivity contribution in [3.63, 3.8) is 0 Å².